The van der Waals surface area contributed by atoms with E-state index in [1.165, 1.54) is 46.3 Å². The molecule has 0 spiro atoms. The van der Waals surface area contributed by atoms with Gasteiger partial charge in [0.25, 0.3) is 0 Å². The molecule has 0 atom stereocenters. The van der Waals surface area contributed by atoms with E-state index in [0.717, 1.165) is 6.16 Å². The van der Waals surface area contributed by atoms with E-state index >= 15 is 0 Å². The fourth-order valence-electron chi connectivity index (χ4n) is 5.38. The van der Waals surface area contributed by atoms with Gasteiger partial charge in [-0.1, -0.05) is 91.7 Å². The number of rotatable bonds is 7. The lowest BCUT2D eigenvalue weighted by Crippen LogP contribution is -2.33. The lowest BCUT2D eigenvalue weighted by atomic mass is 9.72. The Morgan fingerprint density at radius 2 is 1.29 bits per heavy atom. The summed E-state index contributed by atoms with van der Waals surface area (Å²) in [5.74, 6) is 0. The first kappa shape index (κ1) is 24.4. The maximum Gasteiger partial charge on any atom is 1.00 e. The minimum absolute atomic E-state index is 0. The van der Waals surface area contributed by atoms with Crippen LogP contribution < -0.4 is 15.9 Å². The third-order valence-electron chi connectivity index (χ3n) is 7.33. The predicted octanol–water partition coefficient (Wildman–Crippen LogP) is 8.12. The summed E-state index contributed by atoms with van der Waals surface area (Å²) in [7, 11) is -1.82. The van der Waals surface area contributed by atoms with Gasteiger partial charge in [0.05, 0.1) is 6.16 Å². The Morgan fingerprint density at radius 1 is 0.824 bits per heavy atom. The Morgan fingerprint density at radius 3 is 1.74 bits per heavy atom. The van der Waals surface area contributed by atoms with Gasteiger partial charge in [-0.05, 0) is 86.6 Å². The second-order valence-electron chi connectivity index (χ2n) is 10.2. The summed E-state index contributed by atoms with van der Waals surface area (Å²) < 4.78 is 0. The van der Waals surface area contributed by atoms with E-state index in [-0.39, 0.29) is 6.84 Å². The number of hydrogen-bond acceptors (Lipinski definition) is 0. The molecule has 0 heterocycles. The van der Waals surface area contributed by atoms with Crippen LogP contribution in [0, 0.1) is 5.41 Å². The molecule has 4 rings (SSSR count). The van der Waals surface area contributed by atoms with E-state index < -0.39 is 7.26 Å². The standard InChI is InChI=1S/C33H38P/c1-27(22-23-32-28(2)15-14-25-33(32,3)4)24-26-34(29-16-8-5-9-17-29,30-18-10-6-11-19-30)31-20-12-7-13-21-31/h5-13,16-24H,14-15,25-26H2,1-4H3/q+1/p+1/b23-22+,27-24+. The van der Waals surface area contributed by atoms with E-state index in [4.69, 9.17) is 0 Å². The summed E-state index contributed by atoms with van der Waals surface area (Å²) in [6, 6.07) is 33.4. The number of hydrogen-bond donors (Lipinski definition) is 0. The first-order chi connectivity index (χ1) is 16.4. The smallest absolute Gasteiger partial charge is 0.0696 e. The van der Waals surface area contributed by atoms with Gasteiger partial charge >= 0.3 is 1.43 Å². The van der Waals surface area contributed by atoms with Gasteiger partial charge in [-0.2, -0.15) is 0 Å². The molecule has 3 aromatic carbocycles. The zero-order chi connectivity index (χ0) is 24.0. The largest absolute Gasteiger partial charge is 1.00 e. The zero-order valence-electron chi connectivity index (χ0n) is 22.2. The molecule has 0 unspecified atom stereocenters. The van der Waals surface area contributed by atoms with Crippen molar-refractivity contribution in [3.63, 3.8) is 0 Å². The molecule has 0 radical (unpaired) electrons. The molecule has 0 bridgehead atoms. The molecule has 1 aliphatic carbocycles. The van der Waals surface area contributed by atoms with Crippen LogP contribution in [0.2, 0.25) is 0 Å². The van der Waals surface area contributed by atoms with E-state index in [9.17, 15) is 0 Å². The molecule has 34 heavy (non-hydrogen) atoms. The summed E-state index contributed by atoms with van der Waals surface area (Å²) in [4.78, 5) is 0. The van der Waals surface area contributed by atoms with Gasteiger partial charge in [0, 0.05) is 0 Å². The second kappa shape index (κ2) is 10.7. The van der Waals surface area contributed by atoms with Crippen LogP contribution in [-0.4, -0.2) is 6.16 Å². The molecule has 174 valence electrons. The highest BCUT2D eigenvalue weighted by Crippen LogP contribution is 2.55. The highest BCUT2D eigenvalue weighted by atomic mass is 31.2. The van der Waals surface area contributed by atoms with Crippen LogP contribution in [0.1, 0.15) is 48.4 Å². The molecule has 0 N–H and O–H groups in total. The zero-order valence-corrected chi connectivity index (χ0v) is 22.1. The number of allylic oxidation sites excluding steroid dienone is 6. The van der Waals surface area contributed by atoms with Crippen molar-refractivity contribution in [1.29, 1.82) is 0 Å². The van der Waals surface area contributed by atoms with Crippen molar-refractivity contribution in [2.45, 2.75) is 47.0 Å². The molecule has 0 amide bonds. The van der Waals surface area contributed by atoms with Crippen LogP contribution in [-0.2, 0) is 0 Å². The van der Waals surface area contributed by atoms with Crippen LogP contribution in [0.25, 0.3) is 0 Å². The lowest BCUT2D eigenvalue weighted by molar-refractivity contribution is 0.377. The first-order valence-electron chi connectivity index (χ1n) is 12.5. The summed E-state index contributed by atoms with van der Waals surface area (Å²) in [6.45, 7) is 9.37. The summed E-state index contributed by atoms with van der Waals surface area (Å²) in [5, 5.41) is 4.31. The summed E-state index contributed by atoms with van der Waals surface area (Å²) in [5.41, 5.74) is 4.70. The summed E-state index contributed by atoms with van der Waals surface area (Å²) in [6.07, 6.45) is 12.1. The van der Waals surface area contributed by atoms with Crippen molar-refractivity contribution in [2.75, 3.05) is 6.16 Å². The Labute approximate surface area is 209 Å². The molecule has 0 nitrogen and oxygen atoms in total. The van der Waals surface area contributed by atoms with E-state index in [0.29, 0.717) is 0 Å². The monoisotopic (exact) mass is 466 g/mol. The van der Waals surface area contributed by atoms with Crippen LogP contribution in [0.3, 0.4) is 0 Å². The van der Waals surface area contributed by atoms with Crippen molar-refractivity contribution in [1.82, 2.24) is 0 Å². The Balaban J connectivity index is 0.00000342. The quantitative estimate of drug-likeness (QED) is 0.244. The Bertz CT molecular complexity index is 1070. The maximum absolute atomic E-state index is 2.48. The Hall–Kier alpha value is -2.69. The third kappa shape index (κ3) is 5.18. The Kier molecular flexibility index (Phi) is 7.70. The molecule has 0 aromatic heterocycles. The average molecular weight is 467 g/mol. The van der Waals surface area contributed by atoms with Crippen LogP contribution >= 0.6 is 7.26 Å². The van der Waals surface area contributed by atoms with Gasteiger partial charge in [-0.3, -0.25) is 0 Å². The predicted molar refractivity (Wildman–Crippen MR) is 154 cm³/mol. The minimum Gasteiger partial charge on any atom is -0.0696 e. The van der Waals surface area contributed by atoms with E-state index in [1.807, 2.05) is 0 Å². The first-order valence-corrected chi connectivity index (χ1v) is 14.5. The molecule has 0 saturated heterocycles. The fraction of sp³-hybridized carbons (Fsp3) is 0.273. The van der Waals surface area contributed by atoms with Crippen molar-refractivity contribution in [2.24, 2.45) is 5.41 Å². The van der Waals surface area contributed by atoms with Gasteiger partial charge in [-0.15, -0.1) is 0 Å². The fourth-order valence-corrected chi connectivity index (χ4v) is 9.52. The SMILES string of the molecule is CC1=C(/C=C/C(C)=C/C[P+](c2ccccc2)(c2ccccc2)c2ccccc2)C(C)(C)CCC1.[H+]. The maximum atomic E-state index is 2.48. The van der Waals surface area contributed by atoms with Gasteiger partial charge in [-0.25, -0.2) is 0 Å². The molecule has 3 aromatic rings. The highest BCUT2D eigenvalue weighted by molar-refractivity contribution is 7.95. The molecular formula is C33H39P+2. The second-order valence-corrected chi connectivity index (χ2v) is 13.7. The van der Waals surface area contributed by atoms with E-state index in [2.05, 4.69) is 137 Å². The van der Waals surface area contributed by atoms with Crippen molar-refractivity contribution >= 4 is 23.2 Å². The average Bonchev–Trinajstić information content (AvgIpc) is 2.86. The van der Waals surface area contributed by atoms with Gasteiger partial charge in [0.2, 0.25) is 0 Å². The van der Waals surface area contributed by atoms with Crippen molar-refractivity contribution in [3.05, 3.63) is 126 Å². The van der Waals surface area contributed by atoms with Crippen molar-refractivity contribution in [3.8, 4) is 0 Å². The molecular weight excluding hydrogens is 427 g/mol. The molecule has 0 aliphatic heterocycles. The van der Waals surface area contributed by atoms with Crippen molar-refractivity contribution < 1.29 is 1.43 Å². The summed E-state index contributed by atoms with van der Waals surface area (Å²) >= 11 is 0. The van der Waals surface area contributed by atoms with Gasteiger partial charge in [0.1, 0.15) is 23.2 Å². The van der Waals surface area contributed by atoms with Gasteiger partial charge < -0.3 is 0 Å². The van der Waals surface area contributed by atoms with Crippen LogP contribution in [0.5, 0.6) is 0 Å². The minimum atomic E-state index is -1.82. The third-order valence-corrected chi connectivity index (χ3v) is 11.6. The highest BCUT2D eigenvalue weighted by Gasteiger charge is 2.44. The number of benzene rings is 3. The molecule has 0 fully saturated rings. The van der Waals surface area contributed by atoms with Crippen LogP contribution in [0.4, 0.5) is 0 Å². The van der Waals surface area contributed by atoms with Gasteiger partial charge in [0.15, 0.2) is 0 Å². The van der Waals surface area contributed by atoms with E-state index in [1.54, 1.807) is 5.57 Å². The molecule has 1 aliphatic rings. The topological polar surface area (TPSA) is 0 Å². The normalized spacial score (nSPS) is 16.8. The lowest BCUT2D eigenvalue weighted by Gasteiger charge is -2.33. The molecule has 1 heteroatoms. The molecule has 0 saturated carbocycles. The van der Waals surface area contributed by atoms with Crippen LogP contribution in [0.15, 0.2) is 126 Å².